The van der Waals surface area contributed by atoms with E-state index in [1.165, 1.54) is 40.7 Å². The maximum Gasteiger partial charge on any atom is 0.338 e. The smallest absolute Gasteiger partial charge is 0.338 e. The number of benzene rings is 2. The summed E-state index contributed by atoms with van der Waals surface area (Å²) in [6.07, 6.45) is 2.54. The van der Waals surface area contributed by atoms with Crippen molar-refractivity contribution in [2.45, 2.75) is 30.8 Å². The van der Waals surface area contributed by atoms with Crippen molar-refractivity contribution < 1.29 is 22.9 Å². The van der Waals surface area contributed by atoms with Crippen LogP contribution in [-0.4, -0.2) is 36.7 Å². The van der Waals surface area contributed by atoms with Crippen molar-refractivity contribution in [3.8, 4) is 0 Å². The van der Waals surface area contributed by atoms with Crippen LogP contribution in [-0.2, 0) is 21.4 Å². The van der Waals surface area contributed by atoms with Crippen LogP contribution in [0.4, 0.5) is 5.69 Å². The Morgan fingerprint density at radius 3 is 2.55 bits per heavy atom. The summed E-state index contributed by atoms with van der Waals surface area (Å²) in [7, 11) is -3.81. The fourth-order valence-corrected chi connectivity index (χ4v) is 5.08. The fourth-order valence-electron chi connectivity index (χ4n) is 3.06. The predicted octanol–water partition coefficient (Wildman–Crippen LogP) is 3.78. The minimum absolute atomic E-state index is 0.0332. The lowest BCUT2D eigenvalue weighted by Crippen LogP contribution is -2.35. The summed E-state index contributed by atoms with van der Waals surface area (Å²) in [6, 6.07) is 9.67. The number of piperidine rings is 1. The molecule has 1 heterocycles. The van der Waals surface area contributed by atoms with Gasteiger partial charge in [-0.25, -0.2) is 13.2 Å². The summed E-state index contributed by atoms with van der Waals surface area (Å²) < 4.78 is 32.3. The van der Waals surface area contributed by atoms with E-state index in [9.17, 15) is 23.3 Å². The van der Waals surface area contributed by atoms with E-state index in [2.05, 4.69) is 0 Å². The normalized spacial score (nSPS) is 15.1. The second-order valence-electron chi connectivity index (χ2n) is 6.61. The average Bonchev–Trinajstić information content (AvgIpc) is 2.73. The van der Waals surface area contributed by atoms with Gasteiger partial charge in [0.15, 0.2) is 0 Å². The molecule has 8 nitrogen and oxygen atoms in total. The monoisotopic (exact) mass is 438 g/mol. The second-order valence-corrected chi connectivity index (χ2v) is 8.93. The van der Waals surface area contributed by atoms with Gasteiger partial charge in [0.2, 0.25) is 10.0 Å². The van der Waals surface area contributed by atoms with Gasteiger partial charge in [0, 0.05) is 25.2 Å². The van der Waals surface area contributed by atoms with Crippen LogP contribution in [0.5, 0.6) is 0 Å². The number of nitro groups is 1. The standard InChI is InChI=1S/C19H19ClN2O6S/c20-17-8-7-15(12-18(17)29(26,27)21-9-2-1-3-10-21)19(23)28-13-14-5-4-6-16(11-14)22(24)25/h4-8,11-12H,1-3,9-10,13H2. The lowest BCUT2D eigenvalue weighted by molar-refractivity contribution is -0.384. The van der Waals surface area contributed by atoms with Gasteiger partial charge in [0.25, 0.3) is 5.69 Å². The fraction of sp³-hybridized carbons (Fsp3) is 0.316. The number of ether oxygens (including phenoxy) is 1. The van der Waals surface area contributed by atoms with E-state index in [1.807, 2.05) is 0 Å². The molecule has 1 fully saturated rings. The number of esters is 1. The van der Waals surface area contributed by atoms with E-state index < -0.39 is 20.9 Å². The molecule has 0 N–H and O–H groups in total. The first kappa shape index (κ1) is 21.2. The third-order valence-electron chi connectivity index (χ3n) is 4.59. The van der Waals surface area contributed by atoms with Crippen LogP contribution in [0, 0.1) is 10.1 Å². The maximum absolute atomic E-state index is 12.9. The van der Waals surface area contributed by atoms with Crippen molar-refractivity contribution in [3.05, 3.63) is 68.7 Å². The number of non-ortho nitro benzene ring substituents is 1. The van der Waals surface area contributed by atoms with E-state index in [-0.39, 0.29) is 27.8 Å². The summed E-state index contributed by atoms with van der Waals surface area (Å²) in [5.41, 5.74) is 0.373. The first-order chi connectivity index (χ1) is 13.8. The lowest BCUT2D eigenvalue weighted by Gasteiger charge is -2.26. The summed E-state index contributed by atoms with van der Waals surface area (Å²) >= 11 is 6.10. The van der Waals surface area contributed by atoms with Crippen molar-refractivity contribution in [1.82, 2.24) is 4.31 Å². The average molecular weight is 439 g/mol. The zero-order valence-electron chi connectivity index (χ0n) is 15.4. The molecule has 29 heavy (non-hydrogen) atoms. The predicted molar refractivity (Wildman–Crippen MR) is 106 cm³/mol. The number of nitro benzene ring substituents is 1. The summed E-state index contributed by atoms with van der Waals surface area (Å²) in [5.74, 6) is -0.747. The zero-order chi connectivity index (χ0) is 21.0. The highest BCUT2D eigenvalue weighted by atomic mass is 35.5. The van der Waals surface area contributed by atoms with Crippen molar-refractivity contribution in [2.24, 2.45) is 0 Å². The topological polar surface area (TPSA) is 107 Å². The number of nitrogens with zero attached hydrogens (tertiary/aromatic N) is 2. The molecule has 0 radical (unpaired) electrons. The van der Waals surface area contributed by atoms with Crippen LogP contribution >= 0.6 is 11.6 Å². The number of carbonyl (C=O) groups is 1. The van der Waals surface area contributed by atoms with Gasteiger partial charge < -0.3 is 4.74 Å². The van der Waals surface area contributed by atoms with Gasteiger partial charge in [-0.1, -0.05) is 30.2 Å². The van der Waals surface area contributed by atoms with E-state index >= 15 is 0 Å². The molecule has 0 spiro atoms. The van der Waals surface area contributed by atoms with Gasteiger partial charge in [-0.2, -0.15) is 4.31 Å². The Labute approximate surface area is 173 Å². The van der Waals surface area contributed by atoms with Gasteiger partial charge in [-0.05, 0) is 36.6 Å². The number of hydrogen-bond donors (Lipinski definition) is 0. The Balaban J connectivity index is 1.77. The molecule has 0 aliphatic carbocycles. The van der Waals surface area contributed by atoms with Gasteiger partial charge in [-0.15, -0.1) is 0 Å². The summed E-state index contributed by atoms with van der Waals surface area (Å²) in [6.45, 7) is 0.650. The van der Waals surface area contributed by atoms with E-state index in [0.717, 1.165) is 19.3 Å². The Hall–Kier alpha value is -2.49. The van der Waals surface area contributed by atoms with Crippen LogP contribution in [0.2, 0.25) is 5.02 Å². The number of carbonyl (C=O) groups excluding carboxylic acids is 1. The quantitative estimate of drug-likeness (QED) is 0.386. The minimum atomic E-state index is -3.81. The molecule has 0 unspecified atom stereocenters. The maximum atomic E-state index is 12.9. The molecular weight excluding hydrogens is 420 g/mol. The largest absolute Gasteiger partial charge is 0.457 e. The zero-order valence-corrected chi connectivity index (χ0v) is 17.0. The first-order valence-corrected chi connectivity index (χ1v) is 10.8. The molecule has 1 aliphatic rings. The van der Waals surface area contributed by atoms with E-state index in [1.54, 1.807) is 6.07 Å². The highest BCUT2D eigenvalue weighted by Gasteiger charge is 2.29. The molecule has 2 aromatic rings. The van der Waals surface area contributed by atoms with Crippen LogP contribution < -0.4 is 0 Å². The van der Waals surface area contributed by atoms with Crippen molar-refractivity contribution in [1.29, 1.82) is 0 Å². The summed E-state index contributed by atoms with van der Waals surface area (Å²) in [5, 5.41) is 10.9. The van der Waals surface area contributed by atoms with Crippen LogP contribution in [0.3, 0.4) is 0 Å². The number of hydrogen-bond acceptors (Lipinski definition) is 6. The number of sulfonamides is 1. The second kappa shape index (κ2) is 8.89. The van der Waals surface area contributed by atoms with Crippen LogP contribution in [0.15, 0.2) is 47.4 Å². The van der Waals surface area contributed by atoms with Gasteiger partial charge in [-0.3, -0.25) is 10.1 Å². The third kappa shape index (κ3) is 4.92. The molecule has 154 valence electrons. The molecule has 0 aromatic heterocycles. The molecule has 2 aromatic carbocycles. The van der Waals surface area contributed by atoms with Gasteiger partial charge in [0.05, 0.1) is 15.5 Å². The lowest BCUT2D eigenvalue weighted by atomic mass is 10.2. The highest BCUT2D eigenvalue weighted by molar-refractivity contribution is 7.89. The molecule has 0 atom stereocenters. The molecule has 1 aliphatic heterocycles. The van der Waals surface area contributed by atoms with Crippen molar-refractivity contribution >= 4 is 33.3 Å². The summed E-state index contributed by atoms with van der Waals surface area (Å²) in [4.78, 5) is 22.6. The van der Waals surface area contributed by atoms with Gasteiger partial charge in [0.1, 0.15) is 11.5 Å². The molecule has 3 rings (SSSR count). The van der Waals surface area contributed by atoms with Crippen LogP contribution in [0.25, 0.3) is 0 Å². The Morgan fingerprint density at radius 1 is 1.14 bits per heavy atom. The Bertz CT molecular complexity index is 1030. The van der Waals surface area contributed by atoms with E-state index in [4.69, 9.17) is 16.3 Å². The number of halogens is 1. The van der Waals surface area contributed by atoms with Crippen molar-refractivity contribution in [2.75, 3.05) is 13.1 Å². The molecule has 1 saturated heterocycles. The van der Waals surface area contributed by atoms with Crippen molar-refractivity contribution in [3.63, 3.8) is 0 Å². The first-order valence-electron chi connectivity index (χ1n) is 8.99. The van der Waals surface area contributed by atoms with E-state index in [0.29, 0.717) is 18.7 Å². The molecule has 0 bridgehead atoms. The number of rotatable bonds is 6. The van der Waals surface area contributed by atoms with Crippen LogP contribution in [0.1, 0.15) is 35.2 Å². The molecule has 0 saturated carbocycles. The molecule has 10 heteroatoms. The van der Waals surface area contributed by atoms with Gasteiger partial charge >= 0.3 is 5.97 Å². The highest BCUT2D eigenvalue weighted by Crippen LogP contribution is 2.28. The molecular formula is C19H19ClN2O6S. The third-order valence-corrected chi connectivity index (χ3v) is 6.97. The minimum Gasteiger partial charge on any atom is -0.457 e. The Morgan fingerprint density at radius 2 is 1.86 bits per heavy atom. The molecule has 0 amide bonds. The SMILES string of the molecule is O=C(OCc1cccc([N+](=O)[O-])c1)c1ccc(Cl)c(S(=O)(=O)N2CCCCC2)c1. The Kier molecular flexibility index (Phi) is 6.51.